The van der Waals surface area contributed by atoms with Crippen molar-refractivity contribution in [2.45, 2.75) is 32.7 Å². The van der Waals surface area contributed by atoms with E-state index in [9.17, 15) is 0 Å². The number of likely N-dealkylation sites (N-methyl/N-ethyl adjacent to an activating group) is 1. The molecule has 17 heavy (non-hydrogen) atoms. The van der Waals surface area contributed by atoms with E-state index in [4.69, 9.17) is 4.74 Å². The Morgan fingerprint density at radius 2 is 2.41 bits per heavy atom. The summed E-state index contributed by atoms with van der Waals surface area (Å²) in [5.74, 6) is 1.05. The minimum absolute atomic E-state index is 0.147. The van der Waals surface area contributed by atoms with Crippen molar-refractivity contribution in [3.05, 3.63) is 29.3 Å². The average Bonchev–Trinajstić information content (AvgIpc) is 2.66. The predicted octanol–water partition coefficient (Wildman–Crippen LogP) is 2.07. The van der Waals surface area contributed by atoms with Gasteiger partial charge in [0.05, 0.1) is 18.3 Å². The maximum Gasteiger partial charge on any atom is 0.114 e. The molecule has 94 valence electrons. The van der Waals surface area contributed by atoms with Crippen molar-refractivity contribution in [1.82, 2.24) is 15.1 Å². The van der Waals surface area contributed by atoms with Crippen LogP contribution in [-0.2, 0) is 11.8 Å². The number of hydrogen-bond acceptors (Lipinski definition) is 3. The Kier molecular flexibility index (Phi) is 3.84. The van der Waals surface area contributed by atoms with Crippen molar-refractivity contribution < 1.29 is 4.74 Å². The van der Waals surface area contributed by atoms with Gasteiger partial charge in [-0.3, -0.25) is 4.68 Å². The lowest BCUT2D eigenvalue weighted by atomic mass is 10.0. The molecule has 4 heteroatoms. The summed E-state index contributed by atoms with van der Waals surface area (Å²) in [7, 11) is 1.95. The Bertz CT molecular complexity index is 409. The van der Waals surface area contributed by atoms with E-state index >= 15 is 0 Å². The van der Waals surface area contributed by atoms with Gasteiger partial charge in [0.1, 0.15) is 5.76 Å². The van der Waals surface area contributed by atoms with Gasteiger partial charge < -0.3 is 10.1 Å². The summed E-state index contributed by atoms with van der Waals surface area (Å²) in [5, 5.41) is 7.88. The molecular formula is C13H21N3O. The second-order valence-electron chi connectivity index (χ2n) is 4.43. The molecule has 2 heterocycles. The highest BCUT2D eigenvalue weighted by molar-refractivity contribution is 5.27. The monoisotopic (exact) mass is 235 g/mol. The van der Waals surface area contributed by atoms with Crippen molar-refractivity contribution in [3.8, 4) is 0 Å². The molecule has 0 fully saturated rings. The molecule has 4 nitrogen and oxygen atoms in total. The molecule has 1 aliphatic rings. The number of nitrogens with zero attached hydrogens (tertiary/aromatic N) is 2. The summed E-state index contributed by atoms with van der Waals surface area (Å²) in [6.45, 7) is 5.90. The molecule has 1 aromatic rings. The lowest BCUT2D eigenvalue weighted by molar-refractivity contribution is 0.168. The summed E-state index contributed by atoms with van der Waals surface area (Å²) in [6, 6.07) is 0.147. The van der Waals surface area contributed by atoms with Crippen LogP contribution in [0.5, 0.6) is 0 Å². The van der Waals surface area contributed by atoms with Gasteiger partial charge >= 0.3 is 0 Å². The Morgan fingerprint density at radius 1 is 1.59 bits per heavy atom. The maximum atomic E-state index is 5.77. The molecule has 0 radical (unpaired) electrons. The fraction of sp³-hybridized carbons (Fsp3) is 0.615. The summed E-state index contributed by atoms with van der Waals surface area (Å²) >= 11 is 0. The smallest absolute Gasteiger partial charge is 0.114 e. The molecule has 0 saturated heterocycles. The number of nitrogens with one attached hydrogen (secondary N) is 1. The first-order valence-electron chi connectivity index (χ1n) is 6.28. The summed E-state index contributed by atoms with van der Waals surface area (Å²) in [6.07, 6.45) is 6.50. The highest BCUT2D eigenvalue weighted by Gasteiger charge is 2.22. The van der Waals surface area contributed by atoms with Crippen LogP contribution in [0, 0.1) is 6.92 Å². The molecular weight excluding hydrogens is 214 g/mol. The van der Waals surface area contributed by atoms with E-state index in [2.05, 4.69) is 29.6 Å². The molecule has 0 spiro atoms. The van der Waals surface area contributed by atoms with Crippen LogP contribution in [-0.4, -0.2) is 22.9 Å². The molecule has 0 saturated carbocycles. The third kappa shape index (κ3) is 2.69. The highest BCUT2D eigenvalue weighted by Crippen LogP contribution is 2.27. The topological polar surface area (TPSA) is 39.1 Å². The van der Waals surface area contributed by atoms with Gasteiger partial charge in [-0.2, -0.15) is 5.10 Å². The number of ether oxygens (including phenoxy) is 1. The second kappa shape index (κ2) is 5.36. The van der Waals surface area contributed by atoms with Crippen LogP contribution in [0.2, 0.25) is 0 Å². The zero-order valence-corrected chi connectivity index (χ0v) is 10.9. The first-order chi connectivity index (χ1) is 8.22. The molecule has 1 aromatic heterocycles. The highest BCUT2D eigenvalue weighted by atomic mass is 16.5. The van der Waals surface area contributed by atoms with E-state index in [0.717, 1.165) is 37.4 Å². The van der Waals surface area contributed by atoms with Crippen molar-refractivity contribution in [2.75, 3.05) is 13.2 Å². The summed E-state index contributed by atoms with van der Waals surface area (Å²) < 4.78 is 7.63. The van der Waals surface area contributed by atoms with E-state index in [-0.39, 0.29) is 6.04 Å². The van der Waals surface area contributed by atoms with Crippen LogP contribution in [0.1, 0.15) is 37.1 Å². The zero-order chi connectivity index (χ0) is 12.3. The second-order valence-corrected chi connectivity index (χ2v) is 4.43. The third-order valence-corrected chi connectivity index (χ3v) is 3.02. The van der Waals surface area contributed by atoms with E-state index in [1.807, 2.05) is 18.7 Å². The lowest BCUT2D eigenvalue weighted by Crippen LogP contribution is -2.25. The third-order valence-electron chi connectivity index (χ3n) is 3.02. The molecule has 1 aliphatic heterocycles. The van der Waals surface area contributed by atoms with Crippen molar-refractivity contribution in [3.63, 3.8) is 0 Å². The van der Waals surface area contributed by atoms with Crippen LogP contribution in [0.3, 0.4) is 0 Å². The first-order valence-corrected chi connectivity index (χ1v) is 6.28. The van der Waals surface area contributed by atoms with Gasteiger partial charge in [0.25, 0.3) is 0 Å². The Hall–Kier alpha value is -1.29. The number of rotatable bonds is 4. The normalized spacial score (nSPS) is 17.5. The quantitative estimate of drug-likeness (QED) is 0.868. The first kappa shape index (κ1) is 12.2. The Labute approximate surface area is 103 Å². The van der Waals surface area contributed by atoms with Gasteiger partial charge in [-0.1, -0.05) is 6.92 Å². The number of hydrogen-bond donors (Lipinski definition) is 1. The van der Waals surface area contributed by atoms with E-state index in [0.29, 0.717) is 0 Å². The number of aryl methyl sites for hydroxylation is 2. The molecule has 1 unspecified atom stereocenters. The minimum Gasteiger partial charge on any atom is -0.496 e. The van der Waals surface area contributed by atoms with Gasteiger partial charge in [-0.05, 0) is 32.4 Å². The van der Waals surface area contributed by atoms with Gasteiger partial charge in [-0.15, -0.1) is 0 Å². The van der Waals surface area contributed by atoms with E-state index in [1.54, 1.807) is 0 Å². The fourth-order valence-electron chi connectivity index (χ4n) is 2.25. The van der Waals surface area contributed by atoms with Gasteiger partial charge in [0, 0.05) is 18.8 Å². The van der Waals surface area contributed by atoms with Gasteiger partial charge in [-0.25, -0.2) is 0 Å². The number of allylic oxidation sites excluding steroid dienone is 1. The molecule has 1 N–H and O–H groups in total. The Balaban J connectivity index is 2.27. The van der Waals surface area contributed by atoms with E-state index < -0.39 is 0 Å². The molecule has 1 atom stereocenters. The van der Waals surface area contributed by atoms with Crippen LogP contribution in [0.25, 0.3) is 0 Å². The molecule has 0 aromatic carbocycles. The van der Waals surface area contributed by atoms with Crippen molar-refractivity contribution in [1.29, 1.82) is 0 Å². The van der Waals surface area contributed by atoms with Crippen molar-refractivity contribution in [2.24, 2.45) is 7.05 Å². The zero-order valence-electron chi connectivity index (χ0n) is 10.9. The van der Waals surface area contributed by atoms with E-state index in [1.165, 1.54) is 5.56 Å². The van der Waals surface area contributed by atoms with Crippen LogP contribution < -0.4 is 5.32 Å². The molecule has 0 bridgehead atoms. The van der Waals surface area contributed by atoms with Gasteiger partial charge in [0.2, 0.25) is 0 Å². The number of aromatic nitrogens is 2. The maximum absolute atomic E-state index is 5.77. The summed E-state index contributed by atoms with van der Waals surface area (Å²) in [4.78, 5) is 0. The molecule has 0 amide bonds. The van der Waals surface area contributed by atoms with Gasteiger partial charge in [0.15, 0.2) is 0 Å². The average molecular weight is 235 g/mol. The van der Waals surface area contributed by atoms with Crippen molar-refractivity contribution >= 4 is 0 Å². The van der Waals surface area contributed by atoms with Crippen LogP contribution in [0.15, 0.2) is 18.0 Å². The lowest BCUT2D eigenvalue weighted by Gasteiger charge is -2.24. The largest absolute Gasteiger partial charge is 0.496 e. The van der Waals surface area contributed by atoms with Crippen LogP contribution in [0.4, 0.5) is 0 Å². The predicted molar refractivity (Wildman–Crippen MR) is 67.6 cm³/mol. The summed E-state index contributed by atoms with van der Waals surface area (Å²) in [5.41, 5.74) is 2.27. The molecule has 2 rings (SSSR count). The van der Waals surface area contributed by atoms with Crippen LogP contribution >= 0.6 is 0 Å². The fourth-order valence-corrected chi connectivity index (χ4v) is 2.25. The Morgan fingerprint density at radius 3 is 2.94 bits per heavy atom. The minimum atomic E-state index is 0.147. The molecule has 0 aliphatic carbocycles. The standard InChI is InChI=1S/C13H21N3O/c1-4-14-13(12-7-5-6-8-17-12)11-9-16(3)15-10(11)2/h7,9,13-14H,4-6,8H2,1-3H3. The SMILES string of the molecule is CCNC(C1=CCCCO1)c1cn(C)nc1C.